The van der Waals surface area contributed by atoms with Crippen molar-refractivity contribution in [2.75, 3.05) is 0 Å². The van der Waals surface area contributed by atoms with E-state index < -0.39 is 0 Å². The highest BCUT2D eigenvalue weighted by atomic mass is 19.1. The first-order chi connectivity index (χ1) is 6.65. The maximum Gasteiger partial charge on any atom is 0.123 e. The number of fused-ring (bicyclic) bond motifs is 1. The molecule has 1 aliphatic rings. The van der Waals surface area contributed by atoms with Crippen LogP contribution < -0.4 is 4.74 Å². The van der Waals surface area contributed by atoms with Gasteiger partial charge in [0, 0.05) is 18.4 Å². The average Bonchev–Trinajstić information content (AvgIpc) is 2.44. The minimum absolute atomic E-state index is 0.00759. The molecule has 2 unspecified atom stereocenters. The van der Waals surface area contributed by atoms with Gasteiger partial charge in [-0.2, -0.15) is 0 Å². The molecule has 3 heteroatoms. The highest BCUT2D eigenvalue weighted by Gasteiger charge is 2.24. The largest absolute Gasteiger partial charge is 0.490 e. The summed E-state index contributed by atoms with van der Waals surface area (Å²) in [5.74, 6) is 0.516. The minimum atomic E-state index is -0.376. The Balaban J connectivity index is 2.10. The first-order valence-electron chi connectivity index (χ1n) is 4.78. The Kier molecular flexibility index (Phi) is 2.42. The van der Waals surface area contributed by atoms with Crippen molar-refractivity contribution in [3.05, 3.63) is 29.6 Å². The summed E-state index contributed by atoms with van der Waals surface area (Å²) in [6.07, 6.45) is 0.903. The lowest BCUT2D eigenvalue weighted by Crippen LogP contribution is -2.19. The van der Waals surface area contributed by atoms with Gasteiger partial charge in [0.2, 0.25) is 0 Å². The van der Waals surface area contributed by atoms with Gasteiger partial charge in [0.1, 0.15) is 17.7 Å². The number of hydrogen-bond donors (Lipinski definition) is 1. The molecule has 0 fully saturated rings. The maximum absolute atomic E-state index is 12.8. The van der Waals surface area contributed by atoms with Crippen LogP contribution in [-0.2, 0) is 6.42 Å². The second-order valence-electron chi connectivity index (χ2n) is 3.78. The van der Waals surface area contributed by atoms with Gasteiger partial charge >= 0.3 is 0 Å². The van der Waals surface area contributed by atoms with Gasteiger partial charge in [-0.25, -0.2) is 4.39 Å². The summed E-state index contributed by atoms with van der Waals surface area (Å²) in [6.45, 7) is 1.73. The highest BCUT2D eigenvalue weighted by Crippen LogP contribution is 2.30. The molecule has 0 saturated carbocycles. The van der Waals surface area contributed by atoms with Gasteiger partial charge in [-0.05, 0) is 25.1 Å². The van der Waals surface area contributed by atoms with E-state index in [1.807, 2.05) is 0 Å². The van der Waals surface area contributed by atoms with E-state index in [-0.39, 0.29) is 18.0 Å². The van der Waals surface area contributed by atoms with Crippen LogP contribution in [0, 0.1) is 5.82 Å². The Morgan fingerprint density at radius 2 is 2.43 bits per heavy atom. The molecule has 0 aliphatic carbocycles. The quantitative estimate of drug-likeness (QED) is 0.782. The fourth-order valence-corrected chi connectivity index (χ4v) is 1.80. The SMILES string of the molecule is CC(O)CC1Cc2cc(F)ccc2O1. The van der Waals surface area contributed by atoms with Gasteiger partial charge in [0.05, 0.1) is 6.10 Å². The molecular weight excluding hydrogens is 183 g/mol. The monoisotopic (exact) mass is 196 g/mol. The molecule has 1 heterocycles. The van der Waals surface area contributed by atoms with E-state index in [0.29, 0.717) is 12.8 Å². The van der Waals surface area contributed by atoms with Crippen LogP contribution in [-0.4, -0.2) is 17.3 Å². The number of halogens is 1. The van der Waals surface area contributed by atoms with E-state index in [4.69, 9.17) is 4.74 Å². The van der Waals surface area contributed by atoms with Crippen LogP contribution in [0.1, 0.15) is 18.9 Å². The Hall–Kier alpha value is -1.09. The summed E-state index contributed by atoms with van der Waals surface area (Å²) < 4.78 is 18.4. The lowest BCUT2D eigenvalue weighted by Gasteiger charge is -2.11. The minimum Gasteiger partial charge on any atom is -0.490 e. The smallest absolute Gasteiger partial charge is 0.123 e. The van der Waals surface area contributed by atoms with Gasteiger partial charge in [-0.1, -0.05) is 0 Å². The van der Waals surface area contributed by atoms with Gasteiger partial charge in [0.15, 0.2) is 0 Å². The van der Waals surface area contributed by atoms with Crippen molar-refractivity contribution < 1.29 is 14.2 Å². The molecule has 1 aromatic rings. The molecule has 2 nitrogen and oxygen atoms in total. The van der Waals surface area contributed by atoms with Crippen LogP contribution in [0.2, 0.25) is 0 Å². The summed E-state index contributed by atoms with van der Waals surface area (Å²) >= 11 is 0. The van der Waals surface area contributed by atoms with E-state index >= 15 is 0 Å². The summed E-state index contributed by atoms with van der Waals surface area (Å²) in [6, 6.07) is 4.54. The zero-order chi connectivity index (χ0) is 10.1. The van der Waals surface area contributed by atoms with E-state index in [1.165, 1.54) is 12.1 Å². The van der Waals surface area contributed by atoms with Crippen molar-refractivity contribution in [3.8, 4) is 5.75 Å². The molecule has 0 spiro atoms. The zero-order valence-corrected chi connectivity index (χ0v) is 8.03. The lowest BCUT2D eigenvalue weighted by molar-refractivity contribution is 0.118. The molecule has 76 valence electrons. The van der Waals surface area contributed by atoms with Crippen LogP contribution in [0.15, 0.2) is 18.2 Å². The molecule has 1 aliphatic heterocycles. The normalized spacial score (nSPS) is 21.5. The van der Waals surface area contributed by atoms with E-state index in [2.05, 4.69) is 0 Å². The summed E-state index contributed by atoms with van der Waals surface area (Å²) in [5.41, 5.74) is 0.899. The molecule has 2 atom stereocenters. The molecule has 0 radical (unpaired) electrons. The second-order valence-corrected chi connectivity index (χ2v) is 3.78. The molecule has 0 saturated heterocycles. The van der Waals surface area contributed by atoms with Crippen molar-refractivity contribution in [1.82, 2.24) is 0 Å². The Morgan fingerprint density at radius 1 is 1.64 bits per heavy atom. The first kappa shape index (κ1) is 9.46. The third kappa shape index (κ3) is 1.87. The Bertz CT molecular complexity index is 336. The van der Waals surface area contributed by atoms with Crippen molar-refractivity contribution in [3.63, 3.8) is 0 Å². The predicted molar refractivity (Wildman–Crippen MR) is 50.8 cm³/mol. The summed E-state index contributed by atoms with van der Waals surface area (Å²) in [4.78, 5) is 0. The van der Waals surface area contributed by atoms with Crippen molar-refractivity contribution in [1.29, 1.82) is 0 Å². The van der Waals surface area contributed by atoms with Gasteiger partial charge in [0.25, 0.3) is 0 Å². The molecule has 1 N–H and O–H groups in total. The van der Waals surface area contributed by atoms with Crippen molar-refractivity contribution in [2.45, 2.75) is 32.0 Å². The molecule has 1 aromatic carbocycles. The van der Waals surface area contributed by atoms with E-state index in [0.717, 1.165) is 11.3 Å². The van der Waals surface area contributed by atoms with Gasteiger partial charge < -0.3 is 9.84 Å². The topological polar surface area (TPSA) is 29.5 Å². The number of benzene rings is 1. The van der Waals surface area contributed by atoms with Crippen molar-refractivity contribution >= 4 is 0 Å². The van der Waals surface area contributed by atoms with Crippen LogP contribution in [0.3, 0.4) is 0 Å². The molecule has 0 aromatic heterocycles. The Morgan fingerprint density at radius 3 is 3.14 bits per heavy atom. The summed E-state index contributed by atoms with van der Waals surface area (Å²) in [5, 5.41) is 9.19. The molecule has 2 rings (SSSR count). The van der Waals surface area contributed by atoms with E-state index in [9.17, 15) is 9.50 Å². The summed E-state index contributed by atoms with van der Waals surface area (Å²) in [7, 11) is 0. The number of hydrogen-bond acceptors (Lipinski definition) is 2. The van der Waals surface area contributed by atoms with Crippen LogP contribution >= 0.6 is 0 Å². The van der Waals surface area contributed by atoms with E-state index in [1.54, 1.807) is 13.0 Å². The first-order valence-corrected chi connectivity index (χ1v) is 4.78. The van der Waals surface area contributed by atoms with Crippen LogP contribution in [0.25, 0.3) is 0 Å². The van der Waals surface area contributed by atoms with Crippen LogP contribution in [0.5, 0.6) is 5.75 Å². The highest BCUT2D eigenvalue weighted by molar-refractivity contribution is 5.37. The number of ether oxygens (including phenoxy) is 1. The maximum atomic E-state index is 12.8. The molecule has 0 amide bonds. The zero-order valence-electron chi connectivity index (χ0n) is 8.03. The van der Waals surface area contributed by atoms with Gasteiger partial charge in [-0.15, -0.1) is 0 Å². The molecule has 14 heavy (non-hydrogen) atoms. The van der Waals surface area contributed by atoms with Crippen LogP contribution in [0.4, 0.5) is 4.39 Å². The number of rotatable bonds is 2. The third-order valence-electron chi connectivity index (χ3n) is 2.37. The van der Waals surface area contributed by atoms with Gasteiger partial charge in [-0.3, -0.25) is 0 Å². The average molecular weight is 196 g/mol. The standard InChI is InChI=1S/C11H13FO2/c1-7(13)4-10-6-8-5-9(12)2-3-11(8)14-10/h2-3,5,7,10,13H,4,6H2,1H3. The fraction of sp³-hybridized carbons (Fsp3) is 0.455. The second kappa shape index (κ2) is 3.58. The lowest BCUT2D eigenvalue weighted by atomic mass is 10.1. The molecular formula is C11H13FO2. The number of aliphatic hydroxyl groups is 1. The Labute approximate surface area is 82.3 Å². The fourth-order valence-electron chi connectivity index (χ4n) is 1.80. The van der Waals surface area contributed by atoms with Crippen molar-refractivity contribution in [2.24, 2.45) is 0 Å². The third-order valence-corrected chi connectivity index (χ3v) is 2.37. The molecule has 0 bridgehead atoms. The number of aliphatic hydroxyl groups excluding tert-OH is 1. The predicted octanol–water partition coefficient (Wildman–Crippen LogP) is 1.90.